The Morgan fingerprint density at radius 2 is 1.79 bits per heavy atom. The molecule has 0 nitrogen and oxygen atoms in total. The predicted octanol–water partition coefficient (Wildman–Crippen LogP) is 8.03. The van der Waals surface area contributed by atoms with Crippen LogP contribution >= 0.6 is 0 Å². The SMILES string of the molecule is C=CCCCCCC1=C(CCC)C2C=C(CC)C=CC2C1C.CC. The molecule has 0 N–H and O–H groups in total. The first kappa shape index (κ1) is 21.0. The Morgan fingerprint density at radius 3 is 2.42 bits per heavy atom. The molecule has 3 atom stereocenters. The molecule has 2 rings (SSSR count). The second-order valence-corrected chi connectivity index (χ2v) is 7.03. The molecule has 2 aliphatic carbocycles. The zero-order chi connectivity index (χ0) is 17.9. The first-order valence-corrected chi connectivity index (χ1v) is 10.4. The van der Waals surface area contributed by atoms with Crippen molar-refractivity contribution in [3.05, 3.63) is 47.6 Å². The molecule has 0 heterocycles. The Balaban J connectivity index is 0.00000139. The molecule has 0 amide bonds. The summed E-state index contributed by atoms with van der Waals surface area (Å²) >= 11 is 0. The van der Waals surface area contributed by atoms with Gasteiger partial charge in [0.15, 0.2) is 0 Å². The van der Waals surface area contributed by atoms with Gasteiger partial charge >= 0.3 is 0 Å². The van der Waals surface area contributed by atoms with E-state index in [2.05, 4.69) is 51.7 Å². The second kappa shape index (κ2) is 11.5. The van der Waals surface area contributed by atoms with Crippen LogP contribution in [0.3, 0.4) is 0 Å². The fourth-order valence-electron chi connectivity index (χ4n) is 4.30. The first-order valence-electron chi connectivity index (χ1n) is 10.4. The van der Waals surface area contributed by atoms with Crippen LogP contribution in [0.2, 0.25) is 0 Å². The van der Waals surface area contributed by atoms with Crippen molar-refractivity contribution in [2.24, 2.45) is 17.8 Å². The molecule has 2 aliphatic rings. The van der Waals surface area contributed by atoms with Crippen molar-refractivity contribution in [1.82, 2.24) is 0 Å². The highest BCUT2D eigenvalue weighted by Crippen LogP contribution is 2.49. The molecule has 0 spiro atoms. The molecule has 24 heavy (non-hydrogen) atoms. The number of unbranched alkanes of at least 4 members (excludes halogenated alkanes) is 3. The van der Waals surface area contributed by atoms with Crippen LogP contribution < -0.4 is 0 Å². The van der Waals surface area contributed by atoms with Crippen molar-refractivity contribution >= 4 is 0 Å². The van der Waals surface area contributed by atoms with E-state index in [9.17, 15) is 0 Å². The summed E-state index contributed by atoms with van der Waals surface area (Å²) in [5, 5.41) is 0. The van der Waals surface area contributed by atoms with Crippen LogP contribution in [-0.2, 0) is 0 Å². The Labute approximate surface area is 151 Å². The third-order valence-electron chi connectivity index (χ3n) is 5.56. The molecule has 0 heteroatoms. The van der Waals surface area contributed by atoms with Gasteiger partial charge in [-0.3, -0.25) is 0 Å². The maximum atomic E-state index is 3.82. The summed E-state index contributed by atoms with van der Waals surface area (Å²) in [5.41, 5.74) is 5.13. The summed E-state index contributed by atoms with van der Waals surface area (Å²) in [4.78, 5) is 0. The molecule has 3 unspecified atom stereocenters. The largest absolute Gasteiger partial charge is 0.103 e. The fourth-order valence-corrected chi connectivity index (χ4v) is 4.30. The zero-order valence-corrected chi connectivity index (χ0v) is 16.9. The summed E-state index contributed by atoms with van der Waals surface area (Å²) < 4.78 is 0. The van der Waals surface area contributed by atoms with Crippen LogP contribution in [0.15, 0.2) is 47.6 Å². The molecular formula is C24H40. The van der Waals surface area contributed by atoms with Gasteiger partial charge in [-0.2, -0.15) is 0 Å². The number of allylic oxidation sites excluding steroid dienone is 7. The maximum absolute atomic E-state index is 3.82. The van der Waals surface area contributed by atoms with E-state index in [4.69, 9.17) is 0 Å². The molecular weight excluding hydrogens is 288 g/mol. The van der Waals surface area contributed by atoms with Crippen molar-refractivity contribution in [2.75, 3.05) is 0 Å². The van der Waals surface area contributed by atoms with Crippen molar-refractivity contribution in [3.8, 4) is 0 Å². The second-order valence-electron chi connectivity index (χ2n) is 7.03. The van der Waals surface area contributed by atoms with Crippen LogP contribution in [0.25, 0.3) is 0 Å². The summed E-state index contributed by atoms with van der Waals surface area (Å²) in [7, 11) is 0. The van der Waals surface area contributed by atoms with E-state index in [1.165, 1.54) is 56.9 Å². The average molecular weight is 329 g/mol. The van der Waals surface area contributed by atoms with Crippen LogP contribution in [0.1, 0.15) is 86.0 Å². The number of rotatable bonds is 9. The average Bonchev–Trinajstić information content (AvgIpc) is 2.88. The topological polar surface area (TPSA) is 0 Å². The normalized spacial score (nSPS) is 25.0. The molecule has 0 saturated carbocycles. The third-order valence-corrected chi connectivity index (χ3v) is 5.56. The van der Waals surface area contributed by atoms with Crippen LogP contribution in [0.5, 0.6) is 0 Å². The van der Waals surface area contributed by atoms with E-state index in [1.807, 2.05) is 13.8 Å². The van der Waals surface area contributed by atoms with E-state index < -0.39 is 0 Å². The van der Waals surface area contributed by atoms with Crippen molar-refractivity contribution in [2.45, 2.75) is 86.0 Å². The Kier molecular flexibility index (Phi) is 10.1. The van der Waals surface area contributed by atoms with E-state index in [0.29, 0.717) is 5.92 Å². The molecule has 0 aromatic carbocycles. The fraction of sp³-hybridized carbons (Fsp3) is 0.667. The standard InChI is InChI=1S/C22H34.C2H6/c1-5-8-9-10-11-13-19-17(4)20-15-14-18(7-3)16-22(20)21(19)12-6-2;1-2/h5,14-17,20,22H,1,6-13H2,2-4H3;1-2H3. The summed E-state index contributed by atoms with van der Waals surface area (Å²) in [6.45, 7) is 14.9. The van der Waals surface area contributed by atoms with E-state index in [-0.39, 0.29) is 0 Å². The zero-order valence-electron chi connectivity index (χ0n) is 16.9. The molecule has 0 fully saturated rings. The van der Waals surface area contributed by atoms with E-state index >= 15 is 0 Å². The third kappa shape index (κ3) is 5.23. The molecule has 0 radical (unpaired) electrons. The van der Waals surface area contributed by atoms with Gasteiger partial charge in [0.25, 0.3) is 0 Å². The predicted molar refractivity (Wildman–Crippen MR) is 110 cm³/mol. The van der Waals surface area contributed by atoms with Gasteiger partial charge in [-0.25, -0.2) is 0 Å². The minimum atomic E-state index is 0.707. The van der Waals surface area contributed by atoms with Gasteiger partial charge in [0, 0.05) is 5.92 Å². The summed E-state index contributed by atoms with van der Waals surface area (Å²) in [6.07, 6.45) is 19.8. The summed E-state index contributed by atoms with van der Waals surface area (Å²) in [5.74, 6) is 2.19. The molecule has 0 saturated heterocycles. The Bertz CT molecular complexity index is 460. The van der Waals surface area contributed by atoms with Crippen molar-refractivity contribution < 1.29 is 0 Å². The lowest BCUT2D eigenvalue weighted by molar-refractivity contribution is 0.448. The highest BCUT2D eigenvalue weighted by atomic mass is 14.4. The lowest BCUT2D eigenvalue weighted by atomic mass is 9.80. The summed E-state index contributed by atoms with van der Waals surface area (Å²) in [6, 6.07) is 0. The molecule has 136 valence electrons. The van der Waals surface area contributed by atoms with Crippen LogP contribution in [0.4, 0.5) is 0 Å². The van der Waals surface area contributed by atoms with Gasteiger partial charge in [-0.15, -0.1) is 6.58 Å². The Hall–Kier alpha value is -1.04. The van der Waals surface area contributed by atoms with Gasteiger partial charge in [-0.1, -0.05) is 88.5 Å². The minimum absolute atomic E-state index is 0.707. The van der Waals surface area contributed by atoms with Crippen LogP contribution in [-0.4, -0.2) is 0 Å². The van der Waals surface area contributed by atoms with E-state index in [0.717, 1.165) is 11.8 Å². The quantitative estimate of drug-likeness (QED) is 0.297. The lowest BCUT2D eigenvalue weighted by Gasteiger charge is -2.24. The van der Waals surface area contributed by atoms with E-state index in [1.54, 1.807) is 11.1 Å². The Morgan fingerprint density at radius 1 is 1.04 bits per heavy atom. The number of hydrogen-bond acceptors (Lipinski definition) is 0. The van der Waals surface area contributed by atoms with Gasteiger partial charge < -0.3 is 0 Å². The molecule has 0 aromatic rings. The van der Waals surface area contributed by atoms with Gasteiger partial charge in [0.1, 0.15) is 0 Å². The number of hydrogen-bond donors (Lipinski definition) is 0. The van der Waals surface area contributed by atoms with Gasteiger partial charge in [0.05, 0.1) is 0 Å². The molecule has 0 bridgehead atoms. The van der Waals surface area contributed by atoms with Crippen LogP contribution in [0, 0.1) is 17.8 Å². The van der Waals surface area contributed by atoms with Crippen molar-refractivity contribution in [1.29, 1.82) is 0 Å². The molecule has 0 aliphatic heterocycles. The number of fused-ring (bicyclic) bond motifs is 1. The minimum Gasteiger partial charge on any atom is -0.103 e. The highest BCUT2D eigenvalue weighted by molar-refractivity contribution is 5.39. The molecule has 0 aromatic heterocycles. The van der Waals surface area contributed by atoms with Gasteiger partial charge in [-0.05, 0) is 50.4 Å². The maximum Gasteiger partial charge on any atom is 0.00539 e. The lowest BCUT2D eigenvalue weighted by Crippen LogP contribution is -2.15. The monoisotopic (exact) mass is 328 g/mol. The van der Waals surface area contributed by atoms with Crippen molar-refractivity contribution in [3.63, 3.8) is 0 Å². The smallest absolute Gasteiger partial charge is 0.00539 e. The van der Waals surface area contributed by atoms with Gasteiger partial charge in [0.2, 0.25) is 0 Å². The first-order chi connectivity index (χ1) is 11.7. The highest BCUT2D eigenvalue weighted by Gasteiger charge is 2.37.